The van der Waals surface area contributed by atoms with Gasteiger partial charge < -0.3 is 16.0 Å². The Hall–Kier alpha value is -2.37. The molecule has 3 amide bonds. The van der Waals surface area contributed by atoms with E-state index in [1.54, 1.807) is 32.2 Å². The van der Waals surface area contributed by atoms with Gasteiger partial charge in [-0.2, -0.15) is 0 Å². The SMILES string of the molecule is CNC(=O)c1cccc(NC(=O)CCNC(=O)C2CCCC2)c1C. The summed E-state index contributed by atoms with van der Waals surface area (Å²) in [6.45, 7) is 2.12. The molecular weight excluding hydrogens is 306 g/mol. The number of carbonyl (C=O) groups is 3. The standard InChI is InChI=1S/C18H25N3O3/c1-12-14(18(24)19-2)8-5-9-15(12)21-16(22)10-11-20-17(23)13-6-3-4-7-13/h5,8-9,13H,3-4,6-7,10-11H2,1-2H3,(H,19,24)(H,20,23)(H,21,22). The number of anilines is 1. The topological polar surface area (TPSA) is 87.3 Å². The van der Waals surface area contributed by atoms with Crippen LogP contribution in [0, 0.1) is 12.8 Å². The summed E-state index contributed by atoms with van der Waals surface area (Å²) in [7, 11) is 1.57. The van der Waals surface area contributed by atoms with Crippen LogP contribution in [0.2, 0.25) is 0 Å². The minimum Gasteiger partial charge on any atom is -0.355 e. The molecule has 0 aromatic heterocycles. The minimum absolute atomic E-state index is 0.0538. The zero-order valence-corrected chi connectivity index (χ0v) is 14.3. The molecule has 0 spiro atoms. The van der Waals surface area contributed by atoms with Gasteiger partial charge in [-0.15, -0.1) is 0 Å². The Morgan fingerprint density at radius 2 is 1.88 bits per heavy atom. The lowest BCUT2D eigenvalue weighted by atomic mass is 10.1. The Labute approximate surface area is 142 Å². The molecule has 2 rings (SSSR count). The van der Waals surface area contributed by atoms with Crippen LogP contribution in [0.5, 0.6) is 0 Å². The van der Waals surface area contributed by atoms with Crippen LogP contribution in [-0.2, 0) is 9.59 Å². The molecule has 130 valence electrons. The lowest BCUT2D eigenvalue weighted by Gasteiger charge is -2.13. The quantitative estimate of drug-likeness (QED) is 0.745. The Balaban J connectivity index is 1.84. The summed E-state index contributed by atoms with van der Waals surface area (Å²) < 4.78 is 0. The molecule has 1 aromatic carbocycles. The van der Waals surface area contributed by atoms with Crippen molar-refractivity contribution in [1.82, 2.24) is 10.6 Å². The first kappa shape index (κ1) is 18.0. The second-order valence-electron chi connectivity index (χ2n) is 6.13. The maximum atomic E-state index is 12.1. The van der Waals surface area contributed by atoms with Gasteiger partial charge in [0.1, 0.15) is 0 Å². The molecule has 0 atom stereocenters. The molecule has 0 radical (unpaired) electrons. The van der Waals surface area contributed by atoms with Crippen molar-refractivity contribution in [3.8, 4) is 0 Å². The molecule has 0 heterocycles. The van der Waals surface area contributed by atoms with Crippen molar-refractivity contribution in [3.63, 3.8) is 0 Å². The third-order valence-corrected chi connectivity index (χ3v) is 4.46. The summed E-state index contributed by atoms with van der Waals surface area (Å²) in [5.41, 5.74) is 1.87. The fourth-order valence-electron chi connectivity index (χ4n) is 3.00. The van der Waals surface area contributed by atoms with Crippen molar-refractivity contribution in [1.29, 1.82) is 0 Å². The molecule has 0 unspecified atom stereocenters. The van der Waals surface area contributed by atoms with Crippen LogP contribution < -0.4 is 16.0 Å². The van der Waals surface area contributed by atoms with E-state index in [1.165, 1.54) is 0 Å². The van der Waals surface area contributed by atoms with E-state index in [9.17, 15) is 14.4 Å². The van der Waals surface area contributed by atoms with Gasteiger partial charge >= 0.3 is 0 Å². The Bertz CT molecular complexity index is 622. The number of hydrogen-bond donors (Lipinski definition) is 3. The third kappa shape index (κ3) is 4.57. The summed E-state index contributed by atoms with van der Waals surface area (Å²) in [6.07, 6.45) is 4.33. The summed E-state index contributed by atoms with van der Waals surface area (Å²) in [6, 6.07) is 5.21. The van der Waals surface area contributed by atoms with Crippen LogP contribution >= 0.6 is 0 Å². The Morgan fingerprint density at radius 3 is 2.54 bits per heavy atom. The molecule has 0 saturated heterocycles. The van der Waals surface area contributed by atoms with Gasteiger partial charge in [0.15, 0.2) is 0 Å². The van der Waals surface area contributed by atoms with Crippen molar-refractivity contribution in [3.05, 3.63) is 29.3 Å². The first-order valence-corrected chi connectivity index (χ1v) is 8.42. The third-order valence-electron chi connectivity index (χ3n) is 4.46. The van der Waals surface area contributed by atoms with Crippen LogP contribution in [0.25, 0.3) is 0 Å². The van der Waals surface area contributed by atoms with E-state index < -0.39 is 0 Å². The average molecular weight is 331 g/mol. The van der Waals surface area contributed by atoms with Gasteiger partial charge in [0, 0.05) is 37.2 Å². The maximum absolute atomic E-state index is 12.1. The normalized spacial score (nSPS) is 14.2. The average Bonchev–Trinajstić information content (AvgIpc) is 3.10. The van der Waals surface area contributed by atoms with E-state index in [0.717, 1.165) is 31.2 Å². The van der Waals surface area contributed by atoms with E-state index in [1.807, 2.05) is 0 Å². The zero-order chi connectivity index (χ0) is 17.5. The predicted octanol–water partition coefficient (Wildman–Crippen LogP) is 1.99. The van der Waals surface area contributed by atoms with Gasteiger partial charge in [0.05, 0.1) is 0 Å². The van der Waals surface area contributed by atoms with Crippen LogP contribution in [0.15, 0.2) is 18.2 Å². The molecule has 1 aliphatic carbocycles. The molecule has 1 fully saturated rings. The van der Waals surface area contributed by atoms with E-state index >= 15 is 0 Å². The highest BCUT2D eigenvalue weighted by Gasteiger charge is 2.22. The van der Waals surface area contributed by atoms with Crippen LogP contribution in [0.3, 0.4) is 0 Å². The Morgan fingerprint density at radius 1 is 1.17 bits per heavy atom. The fourth-order valence-corrected chi connectivity index (χ4v) is 3.00. The van der Waals surface area contributed by atoms with Crippen molar-refractivity contribution in [2.24, 2.45) is 5.92 Å². The summed E-state index contributed by atoms with van der Waals surface area (Å²) >= 11 is 0. The molecule has 1 aliphatic rings. The molecule has 0 aliphatic heterocycles. The van der Waals surface area contributed by atoms with Crippen molar-refractivity contribution in [2.45, 2.75) is 39.0 Å². The molecule has 3 N–H and O–H groups in total. The van der Waals surface area contributed by atoms with Gasteiger partial charge in [-0.3, -0.25) is 14.4 Å². The summed E-state index contributed by atoms with van der Waals surface area (Å²) in [5, 5.41) is 8.21. The largest absolute Gasteiger partial charge is 0.355 e. The highest BCUT2D eigenvalue weighted by molar-refractivity contribution is 5.99. The van der Waals surface area contributed by atoms with Crippen molar-refractivity contribution < 1.29 is 14.4 Å². The molecule has 6 nitrogen and oxygen atoms in total. The number of amides is 3. The smallest absolute Gasteiger partial charge is 0.251 e. The van der Waals surface area contributed by atoms with Crippen LogP contribution in [0.1, 0.15) is 48.0 Å². The van der Waals surface area contributed by atoms with Gasteiger partial charge in [-0.05, 0) is 37.5 Å². The van der Waals surface area contributed by atoms with Crippen LogP contribution in [0.4, 0.5) is 5.69 Å². The fraction of sp³-hybridized carbons (Fsp3) is 0.500. The minimum atomic E-state index is -0.188. The predicted molar refractivity (Wildman–Crippen MR) is 92.8 cm³/mol. The first-order chi connectivity index (χ1) is 11.5. The lowest BCUT2D eigenvalue weighted by molar-refractivity contribution is -0.124. The number of benzene rings is 1. The molecule has 0 bridgehead atoms. The molecule has 6 heteroatoms. The van der Waals surface area contributed by atoms with Gasteiger partial charge in [-0.25, -0.2) is 0 Å². The highest BCUT2D eigenvalue weighted by atomic mass is 16.2. The molecule has 24 heavy (non-hydrogen) atoms. The van der Waals surface area contributed by atoms with Gasteiger partial charge in [0.2, 0.25) is 11.8 Å². The highest BCUT2D eigenvalue weighted by Crippen LogP contribution is 2.24. The molecule has 1 saturated carbocycles. The number of rotatable bonds is 6. The van der Waals surface area contributed by atoms with E-state index in [4.69, 9.17) is 0 Å². The lowest BCUT2D eigenvalue weighted by Crippen LogP contribution is -2.32. The van der Waals surface area contributed by atoms with E-state index in [2.05, 4.69) is 16.0 Å². The van der Waals surface area contributed by atoms with Crippen LogP contribution in [-0.4, -0.2) is 31.3 Å². The molecular formula is C18H25N3O3. The van der Waals surface area contributed by atoms with Crippen molar-refractivity contribution >= 4 is 23.4 Å². The summed E-state index contributed by atoms with van der Waals surface area (Å²) in [5.74, 6) is -0.205. The monoisotopic (exact) mass is 331 g/mol. The zero-order valence-electron chi connectivity index (χ0n) is 14.3. The maximum Gasteiger partial charge on any atom is 0.251 e. The van der Waals surface area contributed by atoms with Gasteiger partial charge in [-0.1, -0.05) is 18.9 Å². The summed E-state index contributed by atoms with van der Waals surface area (Å²) in [4.78, 5) is 35.7. The number of carbonyl (C=O) groups excluding carboxylic acids is 3. The second kappa shape index (κ2) is 8.47. The van der Waals surface area contributed by atoms with Crippen molar-refractivity contribution in [2.75, 3.05) is 18.9 Å². The second-order valence-corrected chi connectivity index (χ2v) is 6.13. The van der Waals surface area contributed by atoms with E-state index in [-0.39, 0.29) is 30.1 Å². The number of nitrogens with one attached hydrogen (secondary N) is 3. The first-order valence-electron chi connectivity index (χ1n) is 8.42. The van der Waals surface area contributed by atoms with E-state index in [0.29, 0.717) is 17.8 Å². The Kier molecular flexibility index (Phi) is 6.35. The number of hydrogen-bond acceptors (Lipinski definition) is 3. The van der Waals surface area contributed by atoms with Gasteiger partial charge in [0.25, 0.3) is 5.91 Å². The molecule has 1 aromatic rings.